The Bertz CT molecular complexity index is 823. The van der Waals surface area contributed by atoms with Gasteiger partial charge in [0.15, 0.2) is 5.65 Å². The summed E-state index contributed by atoms with van der Waals surface area (Å²) >= 11 is 0. The fraction of sp³-hybridized carbons (Fsp3) is 0.294. The molecule has 1 aliphatic rings. The standard InChI is InChI=1S/C17H17N5O/c23-17(12-4-1-2-5-12)22(14-6-3-7-18-10-14)15-8-13-9-20-21-16(13)19-11-15/h3,6-12H,1-2,4-5H2,(H,19,20,21). The predicted octanol–water partition coefficient (Wildman–Crippen LogP) is 3.21. The zero-order chi connectivity index (χ0) is 15.6. The lowest BCUT2D eigenvalue weighted by molar-refractivity contribution is -0.121. The number of nitrogens with zero attached hydrogens (tertiary/aromatic N) is 4. The normalized spacial score (nSPS) is 15.1. The number of hydrogen-bond acceptors (Lipinski definition) is 4. The lowest BCUT2D eigenvalue weighted by Crippen LogP contribution is -2.31. The number of amides is 1. The van der Waals surface area contributed by atoms with Gasteiger partial charge in [0.1, 0.15) is 0 Å². The zero-order valence-electron chi connectivity index (χ0n) is 12.6. The van der Waals surface area contributed by atoms with Crippen LogP contribution in [0.3, 0.4) is 0 Å². The topological polar surface area (TPSA) is 74.8 Å². The van der Waals surface area contributed by atoms with E-state index in [1.807, 2.05) is 18.2 Å². The molecule has 116 valence electrons. The molecule has 1 amide bonds. The van der Waals surface area contributed by atoms with E-state index < -0.39 is 0 Å². The van der Waals surface area contributed by atoms with Gasteiger partial charge in [-0.2, -0.15) is 5.10 Å². The quantitative estimate of drug-likeness (QED) is 0.806. The third kappa shape index (κ3) is 2.56. The Hall–Kier alpha value is -2.76. The van der Waals surface area contributed by atoms with E-state index in [1.54, 1.807) is 29.7 Å². The highest BCUT2D eigenvalue weighted by Gasteiger charge is 2.29. The van der Waals surface area contributed by atoms with Crippen LogP contribution in [-0.4, -0.2) is 26.1 Å². The molecule has 1 aliphatic carbocycles. The number of hydrogen-bond donors (Lipinski definition) is 1. The van der Waals surface area contributed by atoms with Crippen molar-refractivity contribution in [3.63, 3.8) is 0 Å². The number of aromatic amines is 1. The average molecular weight is 307 g/mol. The molecule has 3 heterocycles. The summed E-state index contributed by atoms with van der Waals surface area (Å²) in [7, 11) is 0. The number of nitrogens with one attached hydrogen (secondary N) is 1. The molecule has 1 saturated carbocycles. The van der Waals surface area contributed by atoms with E-state index in [0.717, 1.165) is 42.4 Å². The second kappa shape index (κ2) is 5.79. The summed E-state index contributed by atoms with van der Waals surface area (Å²) in [5, 5.41) is 7.71. The second-order valence-electron chi connectivity index (χ2n) is 5.87. The lowest BCUT2D eigenvalue weighted by Gasteiger charge is -2.25. The summed E-state index contributed by atoms with van der Waals surface area (Å²) in [6, 6.07) is 5.68. The molecule has 6 nitrogen and oxygen atoms in total. The monoisotopic (exact) mass is 307 g/mol. The molecule has 0 saturated heterocycles. The molecule has 4 rings (SSSR count). The molecule has 0 unspecified atom stereocenters. The van der Waals surface area contributed by atoms with Crippen molar-refractivity contribution in [2.45, 2.75) is 25.7 Å². The number of aromatic nitrogens is 4. The molecule has 0 aromatic carbocycles. The Morgan fingerprint density at radius 3 is 2.83 bits per heavy atom. The van der Waals surface area contributed by atoms with Crippen molar-refractivity contribution in [2.75, 3.05) is 4.90 Å². The van der Waals surface area contributed by atoms with Crippen molar-refractivity contribution in [3.8, 4) is 0 Å². The maximum atomic E-state index is 13.1. The minimum absolute atomic E-state index is 0.0789. The molecular formula is C17H17N5O. The van der Waals surface area contributed by atoms with Crippen molar-refractivity contribution in [2.24, 2.45) is 5.92 Å². The highest BCUT2D eigenvalue weighted by Crippen LogP contribution is 2.33. The van der Waals surface area contributed by atoms with E-state index in [9.17, 15) is 4.79 Å². The molecule has 0 atom stereocenters. The number of anilines is 2. The molecule has 0 spiro atoms. The Labute approximate surface area is 133 Å². The molecule has 3 aromatic heterocycles. The maximum absolute atomic E-state index is 13.1. The molecule has 0 aliphatic heterocycles. The van der Waals surface area contributed by atoms with Crippen molar-refractivity contribution in [1.29, 1.82) is 0 Å². The van der Waals surface area contributed by atoms with Gasteiger partial charge in [0.25, 0.3) is 0 Å². The fourth-order valence-electron chi connectivity index (χ4n) is 3.19. The largest absolute Gasteiger partial charge is 0.278 e. The molecule has 3 aromatic rings. The summed E-state index contributed by atoms with van der Waals surface area (Å²) in [6.45, 7) is 0. The van der Waals surface area contributed by atoms with E-state index >= 15 is 0 Å². The minimum atomic E-state index is 0.0789. The van der Waals surface area contributed by atoms with Crippen LogP contribution in [0.25, 0.3) is 11.0 Å². The summed E-state index contributed by atoms with van der Waals surface area (Å²) in [5.41, 5.74) is 2.24. The summed E-state index contributed by atoms with van der Waals surface area (Å²) in [4.78, 5) is 23.3. The van der Waals surface area contributed by atoms with E-state index in [-0.39, 0.29) is 11.8 Å². The Kier molecular flexibility index (Phi) is 3.49. The summed E-state index contributed by atoms with van der Waals surface area (Å²) < 4.78 is 0. The summed E-state index contributed by atoms with van der Waals surface area (Å²) in [6.07, 6.45) is 11.0. The second-order valence-corrected chi connectivity index (χ2v) is 5.87. The first-order chi connectivity index (χ1) is 11.3. The number of H-pyrrole nitrogens is 1. The number of carbonyl (C=O) groups excluding carboxylic acids is 1. The predicted molar refractivity (Wildman–Crippen MR) is 87.2 cm³/mol. The van der Waals surface area contributed by atoms with Gasteiger partial charge in [0.2, 0.25) is 5.91 Å². The van der Waals surface area contributed by atoms with Gasteiger partial charge in [0, 0.05) is 17.5 Å². The minimum Gasteiger partial charge on any atom is -0.278 e. The van der Waals surface area contributed by atoms with Crippen molar-refractivity contribution >= 4 is 28.3 Å². The van der Waals surface area contributed by atoms with E-state index in [0.29, 0.717) is 5.65 Å². The maximum Gasteiger partial charge on any atom is 0.234 e. The van der Waals surface area contributed by atoms with Gasteiger partial charge in [-0.1, -0.05) is 12.8 Å². The van der Waals surface area contributed by atoms with Crippen molar-refractivity contribution in [1.82, 2.24) is 20.2 Å². The van der Waals surface area contributed by atoms with Crippen LogP contribution in [0.5, 0.6) is 0 Å². The van der Waals surface area contributed by atoms with Crippen LogP contribution in [-0.2, 0) is 4.79 Å². The Balaban J connectivity index is 1.79. The van der Waals surface area contributed by atoms with Crippen molar-refractivity contribution in [3.05, 3.63) is 43.0 Å². The molecule has 23 heavy (non-hydrogen) atoms. The molecule has 0 radical (unpaired) electrons. The SMILES string of the molecule is O=C(C1CCCC1)N(c1cccnc1)c1cnc2[nH]ncc2c1. The first-order valence-corrected chi connectivity index (χ1v) is 7.86. The van der Waals surface area contributed by atoms with Gasteiger partial charge >= 0.3 is 0 Å². The highest BCUT2D eigenvalue weighted by atomic mass is 16.2. The number of rotatable bonds is 3. The number of fused-ring (bicyclic) bond motifs is 1. The van der Waals surface area contributed by atoms with Crippen LogP contribution < -0.4 is 4.90 Å². The van der Waals surface area contributed by atoms with Gasteiger partial charge in [-0.15, -0.1) is 0 Å². The van der Waals surface area contributed by atoms with E-state index in [2.05, 4.69) is 20.2 Å². The third-order valence-electron chi connectivity index (χ3n) is 4.36. The molecule has 6 heteroatoms. The zero-order valence-corrected chi connectivity index (χ0v) is 12.6. The first-order valence-electron chi connectivity index (χ1n) is 7.86. The first kappa shape index (κ1) is 13.9. The van der Waals surface area contributed by atoms with Crippen LogP contribution in [0, 0.1) is 5.92 Å². The smallest absolute Gasteiger partial charge is 0.234 e. The van der Waals surface area contributed by atoms with Gasteiger partial charge < -0.3 is 0 Å². The highest BCUT2D eigenvalue weighted by molar-refractivity contribution is 6.02. The molecule has 0 bridgehead atoms. The van der Waals surface area contributed by atoms with E-state index in [1.165, 1.54) is 0 Å². The van der Waals surface area contributed by atoms with Gasteiger partial charge in [-0.3, -0.25) is 19.8 Å². The van der Waals surface area contributed by atoms with Crippen LogP contribution in [0.15, 0.2) is 43.0 Å². The average Bonchev–Trinajstić information content (AvgIpc) is 3.27. The Morgan fingerprint density at radius 2 is 2.04 bits per heavy atom. The Morgan fingerprint density at radius 1 is 1.17 bits per heavy atom. The summed E-state index contributed by atoms with van der Waals surface area (Å²) in [5.74, 6) is 0.204. The fourth-order valence-corrected chi connectivity index (χ4v) is 3.19. The van der Waals surface area contributed by atoms with Crippen LogP contribution in [0.4, 0.5) is 11.4 Å². The molecular weight excluding hydrogens is 290 g/mol. The van der Waals surface area contributed by atoms with Gasteiger partial charge in [-0.25, -0.2) is 4.98 Å². The van der Waals surface area contributed by atoms with Crippen molar-refractivity contribution < 1.29 is 4.79 Å². The van der Waals surface area contributed by atoms with E-state index in [4.69, 9.17) is 0 Å². The van der Waals surface area contributed by atoms with Gasteiger partial charge in [-0.05, 0) is 31.0 Å². The van der Waals surface area contributed by atoms with Crippen LogP contribution in [0.2, 0.25) is 0 Å². The molecule has 1 N–H and O–H groups in total. The van der Waals surface area contributed by atoms with Crippen LogP contribution >= 0.6 is 0 Å². The lowest BCUT2D eigenvalue weighted by atomic mass is 10.1. The third-order valence-corrected chi connectivity index (χ3v) is 4.36. The molecule has 1 fully saturated rings. The van der Waals surface area contributed by atoms with Crippen LogP contribution in [0.1, 0.15) is 25.7 Å². The van der Waals surface area contributed by atoms with Gasteiger partial charge in [0.05, 0.1) is 30.0 Å². The number of pyridine rings is 2. The number of carbonyl (C=O) groups is 1.